The average molecular weight is 388 g/mol. The second kappa shape index (κ2) is 6.72. The summed E-state index contributed by atoms with van der Waals surface area (Å²) >= 11 is 3.47. The Morgan fingerprint density at radius 3 is 1.92 bits per heavy atom. The first-order valence-corrected chi connectivity index (χ1v) is 9.00. The van der Waals surface area contributed by atoms with Crippen LogP contribution in [0, 0.1) is 5.41 Å². The second-order valence-electron chi connectivity index (χ2n) is 8.22. The number of anilines is 1. The first-order chi connectivity index (χ1) is 11.0. The van der Waals surface area contributed by atoms with Crippen LogP contribution in [-0.4, -0.2) is 5.91 Å². The molecule has 0 aliphatic carbocycles. The molecule has 0 radical (unpaired) electrons. The summed E-state index contributed by atoms with van der Waals surface area (Å²) in [6, 6.07) is 14.5. The Morgan fingerprint density at radius 1 is 0.875 bits per heavy atom. The maximum Gasteiger partial charge on any atom is 0.229 e. The summed E-state index contributed by atoms with van der Waals surface area (Å²) in [5.74, 6) is 0.0287. The van der Waals surface area contributed by atoms with Crippen LogP contribution in [0.15, 0.2) is 46.9 Å². The van der Waals surface area contributed by atoms with E-state index in [1.54, 1.807) is 0 Å². The molecule has 2 rings (SSSR count). The summed E-state index contributed by atoms with van der Waals surface area (Å²) in [5, 5.41) is 3.13. The van der Waals surface area contributed by atoms with Crippen LogP contribution in [0.25, 0.3) is 11.1 Å². The molecule has 0 aromatic heterocycles. The predicted octanol–water partition coefficient (Wildman–Crippen LogP) is 6.40. The lowest BCUT2D eigenvalue weighted by Crippen LogP contribution is -2.29. The molecule has 1 amide bonds. The molecular weight excluding hydrogens is 362 g/mol. The Kier molecular flexibility index (Phi) is 5.24. The van der Waals surface area contributed by atoms with E-state index in [0.29, 0.717) is 0 Å². The maximum absolute atomic E-state index is 12.5. The lowest BCUT2D eigenvalue weighted by molar-refractivity contribution is -0.123. The number of halogens is 1. The molecule has 0 aliphatic heterocycles. The van der Waals surface area contributed by atoms with Gasteiger partial charge in [0.15, 0.2) is 0 Å². The van der Waals surface area contributed by atoms with E-state index >= 15 is 0 Å². The molecular formula is C21H26BrNO. The van der Waals surface area contributed by atoms with E-state index in [2.05, 4.69) is 72.3 Å². The monoisotopic (exact) mass is 387 g/mol. The van der Waals surface area contributed by atoms with Crippen molar-refractivity contribution in [1.82, 2.24) is 0 Å². The van der Waals surface area contributed by atoms with Gasteiger partial charge in [0.2, 0.25) is 5.91 Å². The number of rotatable bonds is 2. The van der Waals surface area contributed by atoms with Gasteiger partial charge in [-0.15, -0.1) is 0 Å². The zero-order valence-corrected chi connectivity index (χ0v) is 16.9. The highest BCUT2D eigenvalue weighted by Gasteiger charge is 2.25. The Labute approximate surface area is 153 Å². The summed E-state index contributed by atoms with van der Waals surface area (Å²) in [7, 11) is 0. The molecule has 128 valence electrons. The lowest BCUT2D eigenvalue weighted by Gasteiger charge is -2.26. The number of amides is 1. The van der Waals surface area contributed by atoms with Gasteiger partial charge in [-0.05, 0) is 40.3 Å². The van der Waals surface area contributed by atoms with Crippen LogP contribution in [0.3, 0.4) is 0 Å². The van der Waals surface area contributed by atoms with Crippen molar-refractivity contribution < 1.29 is 4.79 Å². The van der Waals surface area contributed by atoms with Gasteiger partial charge < -0.3 is 5.32 Å². The Balaban J connectivity index is 2.49. The molecule has 0 saturated heterocycles. The molecule has 0 aliphatic rings. The van der Waals surface area contributed by atoms with E-state index in [1.807, 2.05) is 32.9 Å². The molecule has 0 fully saturated rings. The highest BCUT2D eigenvalue weighted by molar-refractivity contribution is 9.10. The summed E-state index contributed by atoms with van der Waals surface area (Å²) in [4.78, 5) is 12.5. The minimum Gasteiger partial charge on any atom is -0.325 e. The van der Waals surface area contributed by atoms with Crippen molar-refractivity contribution in [2.75, 3.05) is 5.32 Å². The van der Waals surface area contributed by atoms with Crippen LogP contribution in [0.5, 0.6) is 0 Å². The molecule has 24 heavy (non-hydrogen) atoms. The molecule has 0 heterocycles. The van der Waals surface area contributed by atoms with Gasteiger partial charge in [-0.25, -0.2) is 0 Å². The normalized spacial score (nSPS) is 12.1. The molecule has 2 aromatic rings. The molecule has 2 aromatic carbocycles. The molecule has 0 bridgehead atoms. The lowest BCUT2D eigenvalue weighted by atomic mass is 9.84. The third kappa shape index (κ3) is 4.47. The van der Waals surface area contributed by atoms with Gasteiger partial charge in [-0.3, -0.25) is 4.79 Å². The number of benzene rings is 2. The Hall–Kier alpha value is -1.61. The number of carbonyl (C=O) groups is 1. The number of carbonyl (C=O) groups excluding carboxylic acids is 1. The number of nitrogens with one attached hydrogen (secondary N) is 1. The third-order valence-corrected chi connectivity index (χ3v) is 4.46. The maximum atomic E-state index is 12.5. The zero-order valence-electron chi connectivity index (χ0n) is 15.3. The molecule has 0 unspecified atom stereocenters. The highest BCUT2D eigenvalue weighted by Crippen LogP contribution is 2.34. The largest absolute Gasteiger partial charge is 0.325 e. The second-order valence-corrected chi connectivity index (χ2v) is 9.14. The van der Waals surface area contributed by atoms with Crippen molar-refractivity contribution in [3.8, 4) is 11.1 Å². The van der Waals surface area contributed by atoms with Crippen molar-refractivity contribution in [3.05, 3.63) is 52.5 Å². The first kappa shape index (κ1) is 18.7. The quantitative estimate of drug-likeness (QED) is 0.634. The summed E-state index contributed by atoms with van der Waals surface area (Å²) in [6.45, 7) is 12.3. The molecule has 1 N–H and O–H groups in total. The van der Waals surface area contributed by atoms with Crippen LogP contribution in [0.1, 0.15) is 47.1 Å². The SMILES string of the molecule is CC(C)(C)C(=O)Nc1cc(-c2ccc(Br)cc2)ccc1C(C)(C)C. The molecule has 2 nitrogen and oxygen atoms in total. The molecule has 0 saturated carbocycles. The smallest absolute Gasteiger partial charge is 0.229 e. The van der Waals surface area contributed by atoms with Crippen LogP contribution >= 0.6 is 15.9 Å². The number of hydrogen-bond donors (Lipinski definition) is 1. The van der Waals surface area contributed by atoms with Crippen molar-refractivity contribution in [2.45, 2.75) is 47.0 Å². The zero-order chi connectivity index (χ0) is 18.1. The summed E-state index contributed by atoms with van der Waals surface area (Å²) in [5.41, 5.74) is 3.79. The Bertz CT molecular complexity index is 734. The van der Waals surface area contributed by atoms with Gasteiger partial charge in [-0.1, -0.05) is 81.7 Å². The fourth-order valence-electron chi connectivity index (χ4n) is 2.43. The van der Waals surface area contributed by atoms with E-state index < -0.39 is 5.41 Å². The fraction of sp³-hybridized carbons (Fsp3) is 0.381. The van der Waals surface area contributed by atoms with Gasteiger partial charge in [0.05, 0.1) is 0 Å². The van der Waals surface area contributed by atoms with Gasteiger partial charge in [0.25, 0.3) is 0 Å². The minimum atomic E-state index is -0.428. The van der Waals surface area contributed by atoms with Gasteiger partial charge in [-0.2, -0.15) is 0 Å². The van der Waals surface area contributed by atoms with Gasteiger partial charge >= 0.3 is 0 Å². The van der Waals surface area contributed by atoms with Crippen LogP contribution in [-0.2, 0) is 10.2 Å². The molecule has 0 atom stereocenters. The van der Waals surface area contributed by atoms with E-state index in [9.17, 15) is 4.79 Å². The van der Waals surface area contributed by atoms with Gasteiger partial charge in [0.1, 0.15) is 0 Å². The van der Waals surface area contributed by atoms with Crippen LogP contribution < -0.4 is 5.32 Å². The van der Waals surface area contributed by atoms with E-state index in [1.165, 1.54) is 0 Å². The predicted molar refractivity (Wildman–Crippen MR) is 106 cm³/mol. The number of hydrogen-bond acceptors (Lipinski definition) is 1. The van der Waals surface area contributed by atoms with Crippen LogP contribution in [0.2, 0.25) is 0 Å². The van der Waals surface area contributed by atoms with Crippen molar-refractivity contribution >= 4 is 27.5 Å². The summed E-state index contributed by atoms with van der Waals surface area (Å²) in [6.07, 6.45) is 0. The Morgan fingerprint density at radius 2 is 1.42 bits per heavy atom. The van der Waals surface area contributed by atoms with Crippen molar-refractivity contribution in [2.24, 2.45) is 5.41 Å². The summed E-state index contributed by atoms with van der Waals surface area (Å²) < 4.78 is 1.05. The van der Waals surface area contributed by atoms with Crippen molar-refractivity contribution in [1.29, 1.82) is 0 Å². The van der Waals surface area contributed by atoms with Gasteiger partial charge in [0, 0.05) is 15.6 Å². The minimum absolute atomic E-state index is 0.0287. The fourth-order valence-corrected chi connectivity index (χ4v) is 2.70. The van der Waals surface area contributed by atoms with Crippen molar-refractivity contribution in [3.63, 3.8) is 0 Å². The van der Waals surface area contributed by atoms with Crippen LogP contribution in [0.4, 0.5) is 5.69 Å². The standard InChI is InChI=1S/C21H26BrNO/c1-20(2,3)17-12-9-15(14-7-10-16(22)11-8-14)13-18(17)23-19(24)21(4,5)6/h7-13H,1-6H3,(H,23,24). The first-order valence-electron chi connectivity index (χ1n) is 8.20. The topological polar surface area (TPSA) is 29.1 Å². The van der Waals surface area contributed by atoms with E-state index in [-0.39, 0.29) is 11.3 Å². The average Bonchev–Trinajstić information content (AvgIpc) is 2.45. The third-order valence-electron chi connectivity index (χ3n) is 3.93. The molecule has 0 spiro atoms. The highest BCUT2D eigenvalue weighted by atomic mass is 79.9. The van der Waals surface area contributed by atoms with E-state index in [0.717, 1.165) is 26.9 Å². The molecule has 3 heteroatoms. The van der Waals surface area contributed by atoms with E-state index in [4.69, 9.17) is 0 Å².